The van der Waals surface area contributed by atoms with Crippen molar-refractivity contribution >= 4 is 117 Å². The molecule has 0 fully saturated rings. The molecule has 0 aliphatic rings. The standard InChI is InChI=1S/C54H30OS2/c1-3-13-39-37(11-1)51(38-12-2-4-14-40(38)52(39)43-16-9-18-47-53(43)42-15-5-7-17-46(42)55-47)32-22-20-31(21-23-32)33-24-26-35-34(28-33)25-27-41-45-29-44-36-10-6-8-19-48(36)56-49(44)30-50(45)57-54(35)41/h1-30H. The molecule has 0 bridgehead atoms. The third-order valence-corrected chi connectivity index (χ3v) is 14.4. The third kappa shape index (κ3) is 4.56. The molecule has 0 amide bonds. The minimum atomic E-state index is 0.914. The van der Waals surface area contributed by atoms with Crippen LogP contribution in [-0.4, -0.2) is 0 Å². The smallest absolute Gasteiger partial charge is 0.136 e. The molecule has 0 aliphatic carbocycles. The van der Waals surface area contributed by atoms with Crippen molar-refractivity contribution in [1.82, 2.24) is 0 Å². The van der Waals surface area contributed by atoms with Gasteiger partial charge in [0.2, 0.25) is 0 Å². The zero-order valence-electron chi connectivity index (χ0n) is 30.5. The lowest BCUT2D eigenvalue weighted by molar-refractivity contribution is 0.669. The van der Waals surface area contributed by atoms with E-state index in [4.69, 9.17) is 4.42 Å². The fraction of sp³-hybridized carbons (Fsp3) is 0. The van der Waals surface area contributed by atoms with Crippen LogP contribution in [0.1, 0.15) is 0 Å². The second kappa shape index (κ2) is 11.9. The summed E-state index contributed by atoms with van der Waals surface area (Å²) in [6.07, 6.45) is 0. The number of para-hydroxylation sites is 1. The van der Waals surface area contributed by atoms with Crippen molar-refractivity contribution in [1.29, 1.82) is 0 Å². The summed E-state index contributed by atoms with van der Waals surface area (Å²) in [5.41, 5.74) is 9.20. The molecular formula is C54H30OS2. The first-order valence-corrected chi connectivity index (χ1v) is 21.0. The molecule has 0 atom stereocenters. The number of furan rings is 1. The van der Waals surface area contributed by atoms with Crippen LogP contribution >= 0.6 is 22.7 Å². The van der Waals surface area contributed by atoms with Crippen LogP contribution in [0.5, 0.6) is 0 Å². The predicted molar refractivity (Wildman–Crippen MR) is 248 cm³/mol. The Kier molecular flexibility index (Phi) is 6.54. The van der Waals surface area contributed by atoms with Gasteiger partial charge in [0.1, 0.15) is 11.2 Å². The van der Waals surface area contributed by atoms with Gasteiger partial charge in [-0.2, -0.15) is 0 Å². The van der Waals surface area contributed by atoms with Crippen molar-refractivity contribution in [3.63, 3.8) is 0 Å². The Morgan fingerprint density at radius 1 is 0.316 bits per heavy atom. The minimum absolute atomic E-state index is 0.914. The molecular weight excluding hydrogens is 729 g/mol. The fourth-order valence-corrected chi connectivity index (χ4v) is 12.0. The van der Waals surface area contributed by atoms with E-state index in [1.165, 1.54) is 106 Å². The molecule has 57 heavy (non-hydrogen) atoms. The van der Waals surface area contributed by atoms with Gasteiger partial charge in [0.15, 0.2) is 0 Å². The van der Waals surface area contributed by atoms with Crippen LogP contribution in [0.2, 0.25) is 0 Å². The molecule has 0 unspecified atom stereocenters. The fourth-order valence-electron chi connectivity index (χ4n) is 9.50. The van der Waals surface area contributed by atoms with E-state index in [0.29, 0.717) is 0 Å². The molecule has 10 aromatic carbocycles. The van der Waals surface area contributed by atoms with Crippen molar-refractivity contribution in [3.8, 4) is 33.4 Å². The zero-order valence-corrected chi connectivity index (χ0v) is 32.2. The van der Waals surface area contributed by atoms with Gasteiger partial charge in [-0.25, -0.2) is 0 Å². The van der Waals surface area contributed by atoms with E-state index in [1.807, 2.05) is 28.7 Å². The summed E-state index contributed by atoms with van der Waals surface area (Å²) >= 11 is 3.82. The van der Waals surface area contributed by atoms with Crippen molar-refractivity contribution < 1.29 is 4.42 Å². The second-order valence-electron chi connectivity index (χ2n) is 15.1. The number of fused-ring (bicyclic) bond motifs is 13. The lowest BCUT2D eigenvalue weighted by Crippen LogP contribution is -1.91. The highest BCUT2D eigenvalue weighted by atomic mass is 32.1. The highest BCUT2D eigenvalue weighted by molar-refractivity contribution is 7.28. The van der Waals surface area contributed by atoms with Gasteiger partial charge in [-0.15, -0.1) is 22.7 Å². The Morgan fingerprint density at radius 3 is 1.70 bits per heavy atom. The van der Waals surface area contributed by atoms with Crippen molar-refractivity contribution in [2.75, 3.05) is 0 Å². The Labute approximate surface area is 335 Å². The van der Waals surface area contributed by atoms with Crippen LogP contribution in [-0.2, 0) is 0 Å². The molecule has 0 saturated heterocycles. The first-order chi connectivity index (χ1) is 28.2. The van der Waals surface area contributed by atoms with Gasteiger partial charge < -0.3 is 4.42 Å². The molecule has 3 heteroatoms. The summed E-state index contributed by atoms with van der Waals surface area (Å²) < 4.78 is 11.8. The summed E-state index contributed by atoms with van der Waals surface area (Å²) in [5, 5.41) is 15.3. The lowest BCUT2D eigenvalue weighted by Gasteiger charge is -2.18. The molecule has 0 spiro atoms. The minimum Gasteiger partial charge on any atom is -0.456 e. The maximum atomic E-state index is 6.36. The number of rotatable bonds is 3. The van der Waals surface area contributed by atoms with Crippen molar-refractivity contribution in [3.05, 3.63) is 182 Å². The molecule has 3 aromatic heterocycles. The monoisotopic (exact) mass is 758 g/mol. The van der Waals surface area contributed by atoms with E-state index < -0.39 is 0 Å². The van der Waals surface area contributed by atoms with E-state index >= 15 is 0 Å². The van der Waals surface area contributed by atoms with Crippen LogP contribution in [0.15, 0.2) is 186 Å². The van der Waals surface area contributed by atoms with Crippen molar-refractivity contribution in [2.24, 2.45) is 0 Å². The van der Waals surface area contributed by atoms with E-state index in [0.717, 1.165) is 21.9 Å². The highest BCUT2D eigenvalue weighted by Gasteiger charge is 2.20. The Bertz CT molecular complexity index is 3750. The first kappa shape index (κ1) is 31.4. The van der Waals surface area contributed by atoms with Crippen LogP contribution < -0.4 is 0 Å². The molecule has 13 rings (SSSR count). The van der Waals surface area contributed by atoms with E-state index in [9.17, 15) is 0 Å². The molecule has 13 aromatic rings. The number of hydrogen-bond acceptors (Lipinski definition) is 3. The average Bonchev–Trinajstić information content (AvgIpc) is 3.95. The summed E-state index contributed by atoms with van der Waals surface area (Å²) in [6.45, 7) is 0. The number of thiophene rings is 2. The summed E-state index contributed by atoms with van der Waals surface area (Å²) in [4.78, 5) is 0. The summed E-state index contributed by atoms with van der Waals surface area (Å²) in [6, 6.07) is 67.1. The van der Waals surface area contributed by atoms with Crippen molar-refractivity contribution in [2.45, 2.75) is 0 Å². The lowest BCUT2D eigenvalue weighted by atomic mass is 9.84. The molecule has 0 aliphatic heterocycles. The van der Waals surface area contributed by atoms with E-state index in [1.54, 1.807) is 0 Å². The number of benzene rings is 10. The van der Waals surface area contributed by atoms with Crippen LogP contribution in [0.4, 0.5) is 0 Å². The highest BCUT2D eigenvalue weighted by Crippen LogP contribution is 2.48. The predicted octanol–water partition coefficient (Wildman–Crippen LogP) is 16.8. The maximum Gasteiger partial charge on any atom is 0.136 e. The van der Waals surface area contributed by atoms with Gasteiger partial charge >= 0.3 is 0 Å². The van der Waals surface area contributed by atoms with Gasteiger partial charge in [-0.3, -0.25) is 0 Å². The molecule has 3 heterocycles. The average molecular weight is 759 g/mol. The van der Waals surface area contributed by atoms with Crippen LogP contribution in [0.3, 0.4) is 0 Å². The van der Waals surface area contributed by atoms with Gasteiger partial charge in [0, 0.05) is 51.1 Å². The van der Waals surface area contributed by atoms with Crippen LogP contribution in [0.25, 0.3) is 128 Å². The quantitative estimate of drug-likeness (QED) is 0.164. The third-order valence-electron chi connectivity index (χ3n) is 12.1. The van der Waals surface area contributed by atoms with E-state index in [2.05, 4.69) is 176 Å². The second-order valence-corrected chi connectivity index (χ2v) is 17.3. The summed E-state index contributed by atoms with van der Waals surface area (Å²) in [5.74, 6) is 0. The molecule has 1 nitrogen and oxygen atoms in total. The van der Waals surface area contributed by atoms with Gasteiger partial charge in [0.05, 0.1) is 0 Å². The van der Waals surface area contributed by atoms with Gasteiger partial charge in [-0.1, -0.05) is 146 Å². The largest absolute Gasteiger partial charge is 0.456 e. The van der Waals surface area contributed by atoms with E-state index in [-0.39, 0.29) is 0 Å². The Hall–Kier alpha value is -6.78. The molecule has 264 valence electrons. The van der Waals surface area contributed by atoms with Gasteiger partial charge in [0.25, 0.3) is 0 Å². The SMILES string of the molecule is c1ccc2c(c1)oc1cccc(-c3c4ccccc4c(-c4ccc(-c5ccc6c(ccc7c8cc9c(cc8sc67)sc6ccccc69)c5)cc4)c4ccccc34)c12. The maximum absolute atomic E-state index is 6.36. The summed E-state index contributed by atoms with van der Waals surface area (Å²) in [7, 11) is 0. The number of hydrogen-bond donors (Lipinski definition) is 0. The first-order valence-electron chi connectivity index (χ1n) is 19.4. The Balaban J connectivity index is 0.935. The van der Waals surface area contributed by atoms with Gasteiger partial charge in [-0.05, 0) is 102 Å². The zero-order chi connectivity index (χ0) is 37.2. The molecule has 0 N–H and O–H groups in total. The topological polar surface area (TPSA) is 13.1 Å². The Morgan fingerprint density at radius 2 is 0.912 bits per heavy atom. The molecule has 0 radical (unpaired) electrons. The normalized spacial score (nSPS) is 12.2. The molecule has 0 saturated carbocycles. The van der Waals surface area contributed by atoms with Crippen LogP contribution in [0, 0.1) is 0 Å².